The molecule has 13 heavy (non-hydrogen) atoms. The summed E-state index contributed by atoms with van der Waals surface area (Å²) in [5.41, 5.74) is 5.47. The van der Waals surface area contributed by atoms with Crippen molar-refractivity contribution < 1.29 is 4.79 Å². The number of carbonyl (C=O) groups is 1. The van der Waals surface area contributed by atoms with Crippen molar-refractivity contribution in [3.05, 3.63) is 0 Å². The second kappa shape index (κ2) is 3.18. The molecular formula is C9H19N3O. The normalized spacial score (nSPS) is 30.2. The Hall–Kier alpha value is -0.770. The fourth-order valence-corrected chi connectivity index (χ4v) is 1.50. The van der Waals surface area contributed by atoms with Gasteiger partial charge in [-0.2, -0.15) is 0 Å². The first-order chi connectivity index (χ1) is 5.86. The van der Waals surface area contributed by atoms with Crippen molar-refractivity contribution in [2.75, 3.05) is 13.6 Å². The summed E-state index contributed by atoms with van der Waals surface area (Å²) in [6.07, 6.45) is 0.827. The number of nitrogens with two attached hydrogens (primary N) is 1. The lowest BCUT2D eigenvalue weighted by Gasteiger charge is -2.45. The molecule has 1 unspecified atom stereocenters. The van der Waals surface area contributed by atoms with Gasteiger partial charge in [0.1, 0.15) is 0 Å². The Labute approximate surface area is 79.7 Å². The van der Waals surface area contributed by atoms with Crippen molar-refractivity contribution in [1.29, 1.82) is 0 Å². The van der Waals surface area contributed by atoms with Gasteiger partial charge in [0.25, 0.3) is 0 Å². The first kappa shape index (κ1) is 10.3. The first-order valence-electron chi connectivity index (χ1n) is 4.69. The van der Waals surface area contributed by atoms with Gasteiger partial charge in [-0.15, -0.1) is 0 Å². The minimum absolute atomic E-state index is 0.0336. The van der Waals surface area contributed by atoms with E-state index in [1.54, 1.807) is 11.9 Å². The molecule has 0 aromatic rings. The lowest BCUT2D eigenvalue weighted by atomic mass is 10.0. The smallest absolute Gasteiger partial charge is 0.321 e. The molecule has 0 spiro atoms. The van der Waals surface area contributed by atoms with Crippen LogP contribution in [0.4, 0.5) is 4.79 Å². The predicted octanol–water partition coefficient (Wildman–Crippen LogP) is 0.827. The van der Waals surface area contributed by atoms with Gasteiger partial charge in [0, 0.05) is 26.1 Å². The van der Waals surface area contributed by atoms with Crippen LogP contribution in [0.1, 0.15) is 27.2 Å². The van der Waals surface area contributed by atoms with Gasteiger partial charge >= 0.3 is 6.03 Å². The number of amides is 2. The van der Waals surface area contributed by atoms with Gasteiger partial charge in [0.05, 0.1) is 5.66 Å². The number of nitrogens with zero attached hydrogens (tertiary/aromatic N) is 2. The second-order valence-corrected chi connectivity index (χ2v) is 4.24. The first-order valence-corrected chi connectivity index (χ1v) is 4.69. The molecule has 1 fully saturated rings. The molecule has 0 saturated carbocycles. The molecule has 1 rings (SSSR count). The predicted molar refractivity (Wildman–Crippen MR) is 52.2 cm³/mol. The molecule has 0 bridgehead atoms. The third-order valence-corrected chi connectivity index (χ3v) is 2.78. The van der Waals surface area contributed by atoms with Crippen molar-refractivity contribution in [3.8, 4) is 0 Å². The highest BCUT2D eigenvalue weighted by molar-refractivity contribution is 5.76. The SMILES string of the molecule is CC(C)N1CCC(C)(N)N(C)C1=O. The van der Waals surface area contributed by atoms with Gasteiger partial charge in [-0.1, -0.05) is 0 Å². The van der Waals surface area contributed by atoms with Crippen LogP contribution in [0, 0.1) is 0 Å². The standard InChI is InChI=1S/C9H19N3O/c1-7(2)12-6-5-9(3,10)11(4)8(12)13/h7H,5-6,10H2,1-4H3. The van der Waals surface area contributed by atoms with E-state index in [1.807, 2.05) is 25.7 Å². The molecule has 4 nitrogen and oxygen atoms in total. The molecule has 0 aliphatic carbocycles. The highest BCUT2D eigenvalue weighted by Crippen LogP contribution is 2.21. The van der Waals surface area contributed by atoms with Gasteiger partial charge in [-0.05, 0) is 20.8 Å². The van der Waals surface area contributed by atoms with Gasteiger partial charge < -0.3 is 15.5 Å². The lowest BCUT2D eigenvalue weighted by molar-refractivity contribution is 0.0590. The number of hydrogen-bond donors (Lipinski definition) is 1. The van der Waals surface area contributed by atoms with Crippen LogP contribution in [0.2, 0.25) is 0 Å². The molecule has 0 aromatic heterocycles. The highest BCUT2D eigenvalue weighted by atomic mass is 16.2. The Morgan fingerprint density at radius 3 is 2.54 bits per heavy atom. The van der Waals surface area contributed by atoms with Crippen LogP contribution in [-0.4, -0.2) is 41.1 Å². The van der Waals surface area contributed by atoms with Crippen molar-refractivity contribution in [2.45, 2.75) is 38.9 Å². The summed E-state index contributed by atoms with van der Waals surface area (Å²) in [6, 6.07) is 0.289. The minimum atomic E-state index is -0.484. The van der Waals surface area contributed by atoms with E-state index in [-0.39, 0.29) is 12.1 Å². The van der Waals surface area contributed by atoms with Gasteiger partial charge in [0.15, 0.2) is 0 Å². The summed E-state index contributed by atoms with van der Waals surface area (Å²) in [5, 5.41) is 0. The summed E-state index contributed by atoms with van der Waals surface area (Å²) in [6.45, 7) is 6.69. The molecular weight excluding hydrogens is 166 g/mol. The van der Waals surface area contributed by atoms with E-state index in [0.717, 1.165) is 13.0 Å². The molecule has 1 saturated heterocycles. The van der Waals surface area contributed by atoms with Crippen molar-refractivity contribution >= 4 is 6.03 Å². The summed E-state index contributed by atoms with van der Waals surface area (Å²) >= 11 is 0. The third kappa shape index (κ3) is 1.77. The average Bonchev–Trinajstić information content (AvgIpc) is 2.00. The van der Waals surface area contributed by atoms with Crippen LogP contribution in [0.5, 0.6) is 0 Å². The molecule has 0 radical (unpaired) electrons. The zero-order valence-electron chi connectivity index (χ0n) is 8.87. The van der Waals surface area contributed by atoms with Gasteiger partial charge in [0.2, 0.25) is 0 Å². The largest absolute Gasteiger partial charge is 0.322 e. The highest BCUT2D eigenvalue weighted by Gasteiger charge is 2.37. The number of hydrogen-bond acceptors (Lipinski definition) is 2. The van der Waals surface area contributed by atoms with E-state index in [0.29, 0.717) is 0 Å². The number of rotatable bonds is 1. The summed E-state index contributed by atoms with van der Waals surface area (Å²) in [4.78, 5) is 15.2. The van der Waals surface area contributed by atoms with Crippen LogP contribution in [-0.2, 0) is 0 Å². The van der Waals surface area contributed by atoms with Gasteiger partial charge in [-0.25, -0.2) is 4.79 Å². The maximum absolute atomic E-state index is 11.8. The molecule has 76 valence electrons. The molecule has 1 aliphatic heterocycles. The summed E-state index contributed by atoms with van der Waals surface area (Å²) < 4.78 is 0. The van der Waals surface area contributed by atoms with Crippen LogP contribution in [0.25, 0.3) is 0 Å². The zero-order chi connectivity index (χ0) is 10.2. The van der Waals surface area contributed by atoms with Crippen LogP contribution >= 0.6 is 0 Å². The Morgan fingerprint density at radius 2 is 2.08 bits per heavy atom. The fraction of sp³-hybridized carbons (Fsp3) is 0.889. The molecule has 2 amide bonds. The molecule has 1 aliphatic rings. The second-order valence-electron chi connectivity index (χ2n) is 4.24. The quantitative estimate of drug-likeness (QED) is 0.657. The minimum Gasteiger partial charge on any atom is -0.322 e. The molecule has 1 atom stereocenters. The van der Waals surface area contributed by atoms with Crippen LogP contribution in [0.3, 0.4) is 0 Å². The topological polar surface area (TPSA) is 49.6 Å². The van der Waals surface area contributed by atoms with E-state index >= 15 is 0 Å². The summed E-state index contributed by atoms with van der Waals surface area (Å²) in [5.74, 6) is 0. The number of carbonyl (C=O) groups excluding carboxylic acids is 1. The van der Waals surface area contributed by atoms with E-state index in [1.165, 1.54) is 0 Å². The van der Waals surface area contributed by atoms with E-state index in [9.17, 15) is 4.79 Å². The molecule has 2 N–H and O–H groups in total. The lowest BCUT2D eigenvalue weighted by Crippen LogP contribution is -2.64. The maximum atomic E-state index is 11.8. The number of urea groups is 1. The fourth-order valence-electron chi connectivity index (χ4n) is 1.50. The Morgan fingerprint density at radius 1 is 1.54 bits per heavy atom. The van der Waals surface area contributed by atoms with E-state index in [2.05, 4.69) is 0 Å². The van der Waals surface area contributed by atoms with Crippen LogP contribution < -0.4 is 5.73 Å². The Balaban J connectivity index is 2.77. The summed E-state index contributed by atoms with van der Waals surface area (Å²) in [7, 11) is 1.76. The van der Waals surface area contributed by atoms with E-state index in [4.69, 9.17) is 5.73 Å². The Kier molecular flexibility index (Phi) is 2.52. The maximum Gasteiger partial charge on any atom is 0.321 e. The van der Waals surface area contributed by atoms with Crippen molar-refractivity contribution in [2.24, 2.45) is 5.73 Å². The molecule has 1 heterocycles. The van der Waals surface area contributed by atoms with Crippen LogP contribution in [0.15, 0.2) is 0 Å². The van der Waals surface area contributed by atoms with Gasteiger partial charge in [-0.3, -0.25) is 0 Å². The molecule has 4 heteroatoms. The van der Waals surface area contributed by atoms with Crippen molar-refractivity contribution in [3.63, 3.8) is 0 Å². The Bertz CT molecular complexity index is 209. The monoisotopic (exact) mass is 185 g/mol. The third-order valence-electron chi connectivity index (χ3n) is 2.78. The van der Waals surface area contributed by atoms with Crippen molar-refractivity contribution in [1.82, 2.24) is 9.80 Å². The molecule has 0 aromatic carbocycles. The average molecular weight is 185 g/mol. The zero-order valence-corrected chi connectivity index (χ0v) is 8.87. The van der Waals surface area contributed by atoms with E-state index < -0.39 is 5.66 Å².